The molecule has 2 aromatic carbocycles. The number of nitrogens with zero attached hydrogens (tertiary/aromatic N) is 6. The van der Waals surface area contributed by atoms with Crippen LogP contribution < -0.4 is 0 Å². The van der Waals surface area contributed by atoms with Crippen molar-refractivity contribution in [1.82, 2.24) is 30.1 Å². The van der Waals surface area contributed by atoms with Crippen molar-refractivity contribution in [2.75, 3.05) is 13.1 Å². The molecule has 0 radical (unpaired) electrons. The molecule has 0 spiro atoms. The Morgan fingerprint density at radius 3 is 2.55 bits per heavy atom. The molecule has 3 heterocycles. The summed E-state index contributed by atoms with van der Waals surface area (Å²) in [5.74, 6) is 0.605. The summed E-state index contributed by atoms with van der Waals surface area (Å²) in [4.78, 5) is 6.72. The number of tetrazole rings is 1. The Labute approximate surface area is 192 Å². The van der Waals surface area contributed by atoms with Crippen LogP contribution in [-0.4, -0.2) is 43.2 Å². The summed E-state index contributed by atoms with van der Waals surface area (Å²) in [7, 11) is 0. The molecule has 6 nitrogen and oxygen atoms in total. The summed E-state index contributed by atoms with van der Waals surface area (Å²) < 4.78 is 15.2. The second kappa shape index (κ2) is 9.83. The lowest BCUT2D eigenvalue weighted by atomic mass is 9.97. The molecular weight excluding hydrogens is 415 g/mol. The maximum Gasteiger partial charge on any atom is 0.173 e. The molecule has 1 unspecified atom stereocenters. The molecule has 33 heavy (non-hydrogen) atoms. The molecule has 2 aromatic heterocycles. The molecular formula is C26H25FN6. The van der Waals surface area contributed by atoms with E-state index in [1.807, 2.05) is 47.3 Å². The Hall–Kier alpha value is -3.71. The Balaban J connectivity index is 1.40. The van der Waals surface area contributed by atoms with Gasteiger partial charge in [-0.25, -0.2) is 9.07 Å². The van der Waals surface area contributed by atoms with Gasteiger partial charge in [0.1, 0.15) is 5.82 Å². The van der Waals surface area contributed by atoms with Gasteiger partial charge in [0.05, 0.1) is 6.04 Å². The molecule has 5 rings (SSSR count). The first-order valence-corrected chi connectivity index (χ1v) is 11.2. The lowest BCUT2D eigenvalue weighted by Gasteiger charge is -2.33. The van der Waals surface area contributed by atoms with Crippen molar-refractivity contribution in [3.8, 4) is 0 Å². The second-order valence-electron chi connectivity index (χ2n) is 8.17. The fraction of sp³-hybridized carbons (Fsp3) is 0.231. The van der Waals surface area contributed by atoms with Crippen molar-refractivity contribution < 1.29 is 4.39 Å². The second-order valence-corrected chi connectivity index (χ2v) is 8.17. The van der Waals surface area contributed by atoms with Crippen LogP contribution in [0.5, 0.6) is 0 Å². The minimum Gasteiger partial charge on any atom is -0.286 e. The van der Waals surface area contributed by atoms with Crippen LogP contribution in [-0.2, 0) is 13.0 Å². The Morgan fingerprint density at radius 2 is 1.82 bits per heavy atom. The van der Waals surface area contributed by atoms with Crippen LogP contribution in [0.1, 0.15) is 35.0 Å². The van der Waals surface area contributed by atoms with E-state index in [-0.39, 0.29) is 11.9 Å². The molecule has 0 saturated heterocycles. The van der Waals surface area contributed by atoms with Crippen molar-refractivity contribution in [1.29, 1.82) is 0 Å². The van der Waals surface area contributed by atoms with Gasteiger partial charge in [-0.3, -0.25) is 9.88 Å². The highest BCUT2D eigenvalue weighted by Crippen LogP contribution is 2.31. The molecule has 0 aliphatic carbocycles. The molecule has 0 N–H and O–H groups in total. The maximum absolute atomic E-state index is 13.3. The lowest BCUT2D eigenvalue weighted by molar-refractivity contribution is 0.234. The number of halogens is 1. The van der Waals surface area contributed by atoms with E-state index < -0.39 is 0 Å². The predicted octanol–water partition coefficient (Wildman–Crippen LogP) is 4.33. The van der Waals surface area contributed by atoms with Gasteiger partial charge >= 0.3 is 0 Å². The first kappa shape index (κ1) is 21.2. The van der Waals surface area contributed by atoms with E-state index in [2.05, 4.69) is 49.7 Å². The summed E-state index contributed by atoms with van der Waals surface area (Å²) in [6.07, 6.45) is 7.61. The summed E-state index contributed by atoms with van der Waals surface area (Å²) in [6.45, 7) is 2.29. The van der Waals surface area contributed by atoms with Crippen LogP contribution in [0.4, 0.5) is 4.39 Å². The monoisotopic (exact) mass is 440 g/mol. The number of rotatable bonds is 7. The highest BCUT2D eigenvalue weighted by Gasteiger charge is 2.29. The first-order chi connectivity index (χ1) is 16.3. The highest BCUT2D eigenvalue weighted by molar-refractivity contribution is 5.66. The Morgan fingerprint density at radius 1 is 0.970 bits per heavy atom. The van der Waals surface area contributed by atoms with Gasteiger partial charge in [0.15, 0.2) is 5.82 Å². The molecule has 0 amide bonds. The number of hydrogen-bond donors (Lipinski definition) is 0. The normalized spacial score (nSPS) is 15.2. The maximum atomic E-state index is 13.3. The van der Waals surface area contributed by atoms with E-state index in [1.165, 1.54) is 23.3 Å². The topological polar surface area (TPSA) is 59.7 Å². The van der Waals surface area contributed by atoms with E-state index in [0.29, 0.717) is 6.54 Å². The fourth-order valence-electron chi connectivity index (χ4n) is 4.35. The number of pyridine rings is 1. The molecule has 0 fully saturated rings. The van der Waals surface area contributed by atoms with E-state index in [1.54, 1.807) is 6.20 Å². The van der Waals surface area contributed by atoms with Gasteiger partial charge in [0, 0.05) is 32.0 Å². The summed E-state index contributed by atoms with van der Waals surface area (Å²) in [5, 5.41) is 12.7. The third-order valence-electron chi connectivity index (χ3n) is 6.08. The minimum atomic E-state index is -0.212. The molecule has 1 atom stereocenters. The fourth-order valence-corrected chi connectivity index (χ4v) is 4.35. The van der Waals surface area contributed by atoms with Gasteiger partial charge in [0.2, 0.25) is 0 Å². The molecule has 1 aliphatic rings. The molecule has 0 bridgehead atoms. The van der Waals surface area contributed by atoms with Crippen LogP contribution >= 0.6 is 0 Å². The predicted molar refractivity (Wildman–Crippen MR) is 125 cm³/mol. The van der Waals surface area contributed by atoms with Crippen molar-refractivity contribution in [2.24, 2.45) is 0 Å². The van der Waals surface area contributed by atoms with Gasteiger partial charge in [-0.2, -0.15) is 0 Å². The average molecular weight is 441 g/mol. The molecule has 0 saturated carbocycles. The third kappa shape index (κ3) is 4.88. The summed E-state index contributed by atoms with van der Waals surface area (Å²) >= 11 is 0. The van der Waals surface area contributed by atoms with Crippen LogP contribution in [0.25, 0.3) is 5.57 Å². The summed E-state index contributed by atoms with van der Waals surface area (Å²) in [6, 6.07) is 21.0. The van der Waals surface area contributed by atoms with Crippen LogP contribution in [0, 0.1) is 5.82 Å². The van der Waals surface area contributed by atoms with Crippen molar-refractivity contribution in [3.63, 3.8) is 0 Å². The molecule has 1 aliphatic heterocycles. The molecule has 7 heteroatoms. The average Bonchev–Trinajstić information content (AvgIpc) is 3.33. The van der Waals surface area contributed by atoms with E-state index in [4.69, 9.17) is 0 Å². The minimum absolute atomic E-state index is 0.101. The first-order valence-electron chi connectivity index (χ1n) is 11.2. The van der Waals surface area contributed by atoms with Gasteiger partial charge in [0.25, 0.3) is 0 Å². The molecule has 166 valence electrons. The molecule has 4 aromatic rings. The summed E-state index contributed by atoms with van der Waals surface area (Å²) in [5.41, 5.74) is 4.62. The largest absolute Gasteiger partial charge is 0.286 e. The Kier molecular flexibility index (Phi) is 6.30. The zero-order chi connectivity index (χ0) is 22.5. The standard InChI is InChI=1S/C26H25FN6/c27-24-10-8-21(9-11-24)22-13-16-32(17-14-22)25(23-7-4-15-28-19-23)26-29-30-31-33(26)18-12-20-5-2-1-3-6-20/h1-11,13,15,19,25H,12,14,16-18H2. The zero-order valence-electron chi connectivity index (χ0n) is 18.3. The van der Waals surface area contributed by atoms with Crippen molar-refractivity contribution >= 4 is 5.57 Å². The number of benzene rings is 2. The highest BCUT2D eigenvalue weighted by atomic mass is 19.1. The van der Waals surface area contributed by atoms with Gasteiger partial charge in [-0.1, -0.05) is 54.6 Å². The lowest BCUT2D eigenvalue weighted by Crippen LogP contribution is -2.35. The Bertz CT molecular complexity index is 1200. The quantitative estimate of drug-likeness (QED) is 0.428. The van der Waals surface area contributed by atoms with Crippen LogP contribution in [0.15, 0.2) is 85.2 Å². The number of aromatic nitrogens is 5. The van der Waals surface area contributed by atoms with E-state index in [9.17, 15) is 4.39 Å². The van der Waals surface area contributed by atoms with Crippen LogP contribution in [0.3, 0.4) is 0 Å². The third-order valence-corrected chi connectivity index (χ3v) is 6.08. The smallest absolute Gasteiger partial charge is 0.173 e. The number of hydrogen-bond acceptors (Lipinski definition) is 5. The van der Waals surface area contributed by atoms with Gasteiger partial charge in [-0.15, -0.1) is 5.10 Å². The van der Waals surface area contributed by atoms with Crippen molar-refractivity contribution in [3.05, 3.63) is 114 Å². The van der Waals surface area contributed by atoms with E-state index >= 15 is 0 Å². The van der Waals surface area contributed by atoms with Crippen molar-refractivity contribution in [2.45, 2.75) is 25.4 Å². The van der Waals surface area contributed by atoms with Gasteiger partial charge < -0.3 is 0 Å². The number of aryl methyl sites for hydroxylation is 2. The van der Waals surface area contributed by atoms with E-state index in [0.717, 1.165) is 42.9 Å². The van der Waals surface area contributed by atoms with Gasteiger partial charge in [-0.05, 0) is 63.7 Å². The van der Waals surface area contributed by atoms with Crippen LogP contribution in [0.2, 0.25) is 0 Å². The zero-order valence-corrected chi connectivity index (χ0v) is 18.3. The SMILES string of the molecule is Fc1ccc(C2=CCN(C(c3cccnc3)c3nnnn3CCc3ccccc3)CC2)cc1.